The zero-order valence-corrected chi connectivity index (χ0v) is 15.4. The molecule has 0 bridgehead atoms. The van der Waals surface area contributed by atoms with Gasteiger partial charge in [-0.15, -0.1) is 0 Å². The normalized spacial score (nSPS) is 19.5. The highest BCUT2D eigenvalue weighted by molar-refractivity contribution is 7.89. The summed E-state index contributed by atoms with van der Waals surface area (Å²) in [6.45, 7) is 0.322. The second kappa shape index (κ2) is 6.83. The number of nitrogens with zero attached hydrogens (tertiary/aromatic N) is 1. The first-order chi connectivity index (χ1) is 12.3. The molecule has 26 heavy (non-hydrogen) atoms. The number of aliphatic imine (C=N–C) groups is 1. The maximum Gasteiger partial charge on any atom is 0.240 e. The summed E-state index contributed by atoms with van der Waals surface area (Å²) in [5.74, 6) is -0.429. The average molecular weight is 395 g/mol. The van der Waals surface area contributed by atoms with Gasteiger partial charge in [0.15, 0.2) is 0 Å². The van der Waals surface area contributed by atoms with Crippen molar-refractivity contribution >= 4 is 27.8 Å². The van der Waals surface area contributed by atoms with Crippen molar-refractivity contribution in [1.29, 1.82) is 0 Å². The molecule has 1 unspecified atom stereocenters. The minimum Gasteiger partial charge on any atom is -0.495 e. The highest BCUT2D eigenvalue weighted by Crippen LogP contribution is 2.39. The number of primary sulfonamides is 1. The molecule has 2 N–H and O–H groups in total. The fourth-order valence-electron chi connectivity index (χ4n) is 3.01. The van der Waals surface area contributed by atoms with Crippen LogP contribution in [0.4, 0.5) is 4.39 Å². The lowest BCUT2D eigenvalue weighted by Gasteiger charge is -2.32. The monoisotopic (exact) mass is 394 g/mol. The van der Waals surface area contributed by atoms with Crippen molar-refractivity contribution in [2.24, 2.45) is 10.1 Å². The number of methoxy groups -OCH3 is 1. The van der Waals surface area contributed by atoms with Gasteiger partial charge in [0, 0.05) is 6.21 Å². The molecule has 0 aliphatic carbocycles. The molecule has 0 radical (unpaired) electrons. The van der Waals surface area contributed by atoms with Gasteiger partial charge in [-0.3, -0.25) is 4.99 Å². The lowest BCUT2D eigenvalue weighted by molar-refractivity contribution is 0.413. The van der Waals surface area contributed by atoms with Crippen molar-refractivity contribution < 1.29 is 17.5 Å². The van der Waals surface area contributed by atoms with E-state index < -0.39 is 26.2 Å². The van der Waals surface area contributed by atoms with Gasteiger partial charge in [-0.1, -0.05) is 29.8 Å². The number of ether oxygens (including phenoxy) is 1. The third-order valence-electron chi connectivity index (χ3n) is 4.33. The quantitative estimate of drug-likeness (QED) is 0.865. The molecule has 0 saturated heterocycles. The molecule has 0 saturated carbocycles. The van der Waals surface area contributed by atoms with Gasteiger partial charge >= 0.3 is 0 Å². The predicted octanol–water partition coefficient (Wildman–Crippen LogP) is 3.06. The average Bonchev–Trinajstić information content (AvgIpc) is 2.61. The molecular formula is C18H16ClFN2O3S. The van der Waals surface area contributed by atoms with Gasteiger partial charge in [0.05, 0.1) is 24.1 Å². The number of benzene rings is 2. The summed E-state index contributed by atoms with van der Waals surface area (Å²) >= 11 is 6.11. The van der Waals surface area contributed by atoms with E-state index in [9.17, 15) is 12.8 Å². The first-order valence-corrected chi connectivity index (χ1v) is 9.55. The highest BCUT2D eigenvalue weighted by Gasteiger charge is 2.34. The summed E-state index contributed by atoms with van der Waals surface area (Å²) in [5.41, 5.74) is 0.541. The maximum atomic E-state index is 14.4. The number of hydrogen-bond donors (Lipinski definition) is 1. The van der Waals surface area contributed by atoms with Crippen molar-refractivity contribution in [3.8, 4) is 5.75 Å². The van der Waals surface area contributed by atoms with Crippen LogP contribution in [-0.4, -0.2) is 28.3 Å². The fourth-order valence-corrected chi connectivity index (χ4v) is 3.79. The van der Waals surface area contributed by atoms with Crippen molar-refractivity contribution in [3.05, 3.63) is 70.5 Å². The first kappa shape index (κ1) is 18.6. The van der Waals surface area contributed by atoms with Crippen LogP contribution in [0, 0.1) is 5.82 Å². The molecule has 2 aromatic carbocycles. The Morgan fingerprint density at radius 2 is 1.92 bits per heavy atom. The summed E-state index contributed by atoms with van der Waals surface area (Å²) in [4.78, 5) is 3.76. The molecule has 8 heteroatoms. The van der Waals surface area contributed by atoms with Crippen LogP contribution >= 0.6 is 11.6 Å². The van der Waals surface area contributed by atoms with Gasteiger partial charge in [0.2, 0.25) is 10.0 Å². The van der Waals surface area contributed by atoms with E-state index in [0.29, 0.717) is 22.9 Å². The van der Waals surface area contributed by atoms with Crippen molar-refractivity contribution in [2.45, 2.75) is 10.3 Å². The van der Waals surface area contributed by atoms with Crippen LogP contribution in [0.5, 0.6) is 5.75 Å². The Morgan fingerprint density at radius 1 is 1.23 bits per heavy atom. The van der Waals surface area contributed by atoms with E-state index in [2.05, 4.69) is 4.99 Å². The van der Waals surface area contributed by atoms with Crippen molar-refractivity contribution in [1.82, 2.24) is 0 Å². The molecule has 1 aliphatic rings. The van der Waals surface area contributed by atoms with E-state index in [0.717, 1.165) is 5.56 Å². The molecule has 0 spiro atoms. The van der Waals surface area contributed by atoms with Gasteiger partial charge in [-0.05, 0) is 41.5 Å². The molecule has 0 fully saturated rings. The largest absolute Gasteiger partial charge is 0.495 e. The third-order valence-corrected chi connectivity index (χ3v) is 5.59. The summed E-state index contributed by atoms with van der Waals surface area (Å²) in [6, 6.07) is 9.14. The molecule has 136 valence electrons. The number of nitrogens with two attached hydrogens (primary N) is 1. The van der Waals surface area contributed by atoms with Gasteiger partial charge in [-0.25, -0.2) is 17.9 Å². The van der Waals surface area contributed by atoms with Gasteiger partial charge in [0.1, 0.15) is 16.5 Å². The number of halogens is 2. The van der Waals surface area contributed by atoms with Crippen LogP contribution in [-0.2, 0) is 15.4 Å². The molecule has 1 atom stereocenters. The minimum atomic E-state index is -4.14. The Bertz CT molecular complexity index is 1020. The minimum absolute atomic E-state index is 0.322. The molecule has 5 nitrogen and oxygen atoms in total. The van der Waals surface area contributed by atoms with Gasteiger partial charge < -0.3 is 4.74 Å². The van der Waals surface area contributed by atoms with E-state index in [1.54, 1.807) is 24.4 Å². The second-order valence-electron chi connectivity index (χ2n) is 5.86. The smallest absolute Gasteiger partial charge is 0.240 e. The predicted molar refractivity (Wildman–Crippen MR) is 99.1 cm³/mol. The van der Waals surface area contributed by atoms with E-state index in [-0.39, 0.29) is 0 Å². The van der Waals surface area contributed by atoms with Crippen LogP contribution < -0.4 is 9.88 Å². The molecule has 3 rings (SSSR count). The van der Waals surface area contributed by atoms with Crippen LogP contribution in [0.25, 0.3) is 0 Å². The first-order valence-electron chi connectivity index (χ1n) is 7.62. The highest BCUT2D eigenvalue weighted by atomic mass is 35.5. The van der Waals surface area contributed by atoms with Crippen LogP contribution in [0.2, 0.25) is 5.02 Å². The van der Waals surface area contributed by atoms with Crippen molar-refractivity contribution in [2.75, 3.05) is 13.7 Å². The molecule has 1 aliphatic heterocycles. The van der Waals surface area contributed by atoms with E-state index >= 15 is 0 Å². The van der Waals surface area contributed by atoms with Gasteiger partial charge in [0.25, 0.3) is 0 Å². The fraction of sp³-hybridized carbons (Fsp3) is 0.167. The molecule has 0 aromatic heterocycles. The van der Waals surface area contributed by atoms with E-state index in [1.165, 1.54) is 25.3 Å². The van der Waals surface area contributed by atoms with Gasteiger partial charge in [-0.2, -0.15) is 0 Å². The Labute approximate surface area is 156 Å². The molecule has 1 heterocycles. The Kier molecular flexibility index (Phi) is 4.88. The molecule has 0 amide bonds. The standard InChI is InChI=1S/C18H16ClFN2O3S/c1-25-16-10-13(3-5-14(16)19)18(7-2-8-22-11-18)12-4-6-17(15(20)9-12)26(21,23)24/h2-10H,11H2,1H3,(H2,21,23,24). The lowest BCUT2D eigenvalue weighted by atomic mass is 9.73. The van der Waals surface area contributed by atoms with Crippen LogP contribution in [0.1, 0.15) is 11.1 Å². The Hall–Kier alpha value is -2.22. The zero-order valence-electron chi connectivity index (χ0n) is 13.8. The van der Waals surface area contributed by atoms with E-state index in [1.807, 2.05) is 12.1 Å². The van der Waals surface area contributed by atoms with Crippen LogP contribution in [0.15, 0.2) is 58.4 Å². The Morgan fingerprint density at radius 3 is 2.50 bits per heavy atom. The molecule has 2 aromatic rings. The van der Waals surface area contributed by atoms with Crippen LogP contribution in [0.3, 0.4) is 0 Å². The lowest BCUT2D eigenvalue weighted by Crippen LogP contribution is -2.31. The summed E-state index contributed by atoms with van der Waals surface area (Å²) in [5, 5.41) is 5.50. The SMILES string of the molecule is COc1cc(C2(c3ccc(S(N)(=O)=O)c(F)c3)C=CC=NC2)ccc1Cl. The second-order valence-corrected chi connectivity index (χ2v) is 7.80. The number of sulfonamides is 1. The number of hydrogen-bond acceptors (Lipinski definition) is 4. The molecular weight excluding hydrogens is 379 g/mol. The zero-order chi connectivity index (χ0) is 18.9. The maximum absolute atomic E-state index is 14.4. The van der Waals surface area contributed by atoms with E-state index in [4.69, 9.17) is 21.5 Å². The summed E-state index contributed by atoms with van der Waals surface area (Å²) < 4.78 is 42.7. The topological polar surface area (TPSA) is 81.8 Å². The number of allylic oxidation sites excluding steroid dienone is 1. The summed E-state index contributed by atoms with van der Waals surface area (Å²) in [6.07, 6.45) is 5.30. The van der Waals surface area contributed by atoms with Crippen molar-refractivity contribution in [3.63, 3.8) is 0 Å². The Balaban J connectivity index is 2.20. The summed E-state index contributed by atoms with van der Waals surface area (Å²) in [7, 11) is -2.63. The number of rotatable bonds is 4. The third kappa shape index (κ3) is 3.25. The number of dihydropyridines is 1.